The van der Waals surface area contributed by atoms with E-state index < -0.39 is 0 Å². The van der Waals surface area contributed by atoms with Crippen molar-refractivity contribution in [1.29, 1.82) is 0 Å². The Balaban J connectivity index is 1.87. The molecule has 11 heteroatoms. The van der Waals surface area contributed by atoms with Crippen LogP contribution in [-0.4, -0.2) is 84.2 Å². The topological polar surface area (TPSA) is 17.1 Å². The zero-order chi connectivity index (χ0) is 27.2. The summed E-state index contributed by atoms with van der Waals surface area (Å²) in [5.41, 5.74) is 3.98. The van der Waals surface area contributed by atoms with Crippen molar-refractivity contribution in [1.82, 2.24) is 0 Å². The predicted octanol–water partition coefficient (Wildman–Crippen LogP) is -5.89. The van der Waals surface area contributed by atoms with E-state index >= 15 is 0 Å². The molecule has 20 radical (unpaired) electrons. The van der Waals surface area contributed by atoms with E-state index in [4.69, 9.17) is 78.5 Å². The van der Waals surface area contributed by atoms with E-state index in [0.717, 1.165) is 0 Å². The number of rotatable bonds is 5. The Bertz CT molecular complexity index is 1520. The molecular formula is C26H10B10O. The highest BCUT2D eigenvalue weighted by molar-refractivity contribution is 6.69. The standard InChI is InChI=1S/C26H10B10O/c27-16-14(17(28)21(32)24(35)20(16)31)9-10-5-1-2-6-11(10)26(37)13-8-4-3-7-12(13)15-18(29)22(33)25(36)23(34)19(15)30/h1-8H,9H2. The van der Waals surface area contributed by atoms with Crippen molar-refractivity contribution in [3.8, 4) is 11.1 Å². The van der Waals surface area contributed by atoms with Crippen LogP contribution < -0.4 is 54.6 Å². The van der Waals surface area contributed by atoms with Crippen molar-refractivity contribution < 1.29 is 4.79 Å². The summed E-state index contributed by atoms with van der Waals surface area (Å²) in [5.74, 6) is -0.299. The molecule has 0 saturated carbocycles. The zero-order valence-electron chi connectivity index (χ0n) is 20.0. The minimum absolute atomic E-state index is 0.0881. The highest BCUT2D eigenvalue weighted by Gasteiger charge is 2.21. The third-order valence-corrected chi connectivity index (χ3v) is 6.58. The van der Waals surface area contributed by atoms with Gasteiger partial charge in [0.2, 0.25) is 0 Å². The molecule has 150 valence electrons. The normalized spacial score (nSPS) is 10.9. The second kappa shape index (κ2) is 10.5. The lowest BCUT2D eigenvalue weighted by Crippen LogP contribution is -2.56. The molecule has 0 unspecified atom stereocenters. The van der Waals surface area contributed by atoms with Crippen LogP contribution in [0.15, 0.2) is 48.5 Å². The van der Waals surface area contributed by atoms with E-state index in [-0.39, 0.29) is 66.8 Å². The summed E-state index contributed by atoms with van der Waals surface area (Å²) in [6, 6.07) is 13.9. The molecule has 0 aliphatic rings. The highest BCUT2D eigenvalue weighted by Crippen LogP contribution is 2.25. The predicted molar refractivity (Wildman–Crippen MR) is 165 cm³/mol. The van der Waals surface area contributed by atoms with Crippen molar-refractivity contribution in [2.75, 3.05) is 0 Å². The molecule has 0 amide bonds. The minimum Gasteiger partial charge on any atom is -0.289 e. The van der Waals surface area contributed by atoms with Gasteiger partial charge in [-0.2, -0.15) is 0 Å². The van der Waals surface area contributed by atoms with Crippen LogP contribution in [0, 0.1) is 0 Å². The van der Waals surface area contributed by atoms with Gasteiger partial charge in [-0.05, 0) is 23.1 Å². The van der Waals surface area contributed by atoms with Gasteiger partial charge in [0.15, 0.2) is 5.78 Å². The molecule has 0 aromatic heterocycles. The van der Waals surface area contributed by atoms with E-state index in [0.29, 0.717) is 33.4 Å². The lowest BCUT2D eigenvalue weighted by molar-refractivity contribution is 0.103. The number of hydrogen-bond donors (Lipinski definition) is 0. The van der Waals surface area contributed by atoms with Gasteiger partial charge in [-0.25, -0.2) is 0 Å². The summed E-state index contributed by atoms with van der Waals surface area (Å²) in [6.07, 6.45) is 0.183. The first-order valence-corrected chi connectivity index (χ1v) is 11.2. The van der Waals surface area contributed by atoms with Crippen LogP contribution in [0.2, 0.25) is 0 Å². The molecule has 4 aromatic carbocycles. The average Bonchev–Trinajstić information content (AvgIpc) is 2.91. The number of carbonyl (C=O) groups is 1. The van der Waals surface area contributed by atoms with Crippen LogP contribution in [0.25, 0.3) is 11.1 Å². The first kappa shape index (κ1) is 27.2. The van der Waals surface area contributed by atoms with Gasteiger partial charge in [-0.15, -0.1) is 43.7 Å². The second-order valence-corrected chi connectivity index (χ2v) is 8.70. The quantitative estimate of drug-likeness (QED) is 0.221. The van der Waals surface area contributed by atoms with Gasteiger partial charge in [0.1, 0.15) is 78.5 Å². The molecule has 37 heavy (non-hydrogen) atoms. The van der Waals surface area contributed by atoms with Crippen LogP contribution in [-0.2, 0) is 6.42 Å². The smallest absolute Gasteiger partial charge is 0.193 e. The number of benzene rings is 4. The molecule has 0 fully saturated rings. The fraction of sp³-hybridized carbons (Fsp3) is 0.0385. The van der Waals surface area contributed by atoms with Crippen molar-refractivity contribution in [2.24, 2.45) is 0 Å². The van der Waals surface area contributed by atoms with Crippen molar-refractivity contribution >= 4 is 139 Å². The summed E-state index contributed by atoms with van der Waals surface area (Å²) in [4.78, 5) is 14.0. The van der Waals surface area contributed by atoms with Crippen LogP contribution in [0.1, 0.15) is 27.0 Å². The Morgan fingerprint density at radius 3 is 1.43 bits per heavy atom. The van der Waals surface area contributed by atoms with Crippen LogP contribution in [0.3, 0.4) is 0 Å². The maximum absolute atomic E-state index is 14.0. The lowest BCUT2D eigenvalue weighted by Gasteiger charge is -2.23. The van der Waals surface area contributed by atoms with Gasteiger partial charge in [0.25, 0.3) is 0 Å². The Labute approximate surface area is 231 Å². The Morgan fingerprint density at radius 2 is 0.892 bits per heavy atom. The summed E-state index contributed by atoms with van der Waals surface area (Å²) in [5, 5.41) is 0. The highest BCUT2D eigenvalue weighted by atomic mass is 16.1. The fourth-order valence-electron chi connectivity index (χ4n) is 4.37. The Hall–Kier alpha value is -2.80. The maximum Gasteiger partial charge on any atom is 0.193 e. The molecule has 0 heterocycles. The van der Waals surface area contributed by atoms with Crippen LogP contribution in [0.5, 0.6) is 0 Å². The zero-order valence-corrected chi connectivity index (χ0v) is 20.0. The maximum atomic E-state index is 14.0. The van der Waals surface area contributed by atoms with Gasteiger partial charge >= 0.3 is 0 Å². The third kappa shape index (κ3) is 4.67. The van der Waals surface area contributed by atoms with Crippen molar-refractivity contribution in [3.63, 3.8) is 0 Å². The fourth-order valence-corrected chi connectivity index (χ4v) is 4.37. The van der Waals surface area contributed by atoms with Gasteiger partial charge in [-0.1, -0.05) is 65.0 Å². The molecule has 0 N–H and O–H groups in total. The van der Waals surface area contributed by atoms with E-state index in [1.54, 1.807) is 48.5 Å². The molecule has 4 aromatic rings. The molecule has 0 aliphatic carbocycles. The van der Waals surface area contributed by atoms with Crippen molar-refractivity contribution in [3.05, 3.63) is 70.8 Å². The lowest BCUT2D eigenvalue weighted by atomic mass is 9.59. The molecular weight excluding hydrogens is 436 g/mol. The number of carbonyl (C=O) groups excluding carboxylic acids is 1. The van der Waals surface area contributed by atoms with Gasteiger partial charge in [0.05, 0.1) is 0 Å². The summed E-state index contributed by atoms with van der Waals surface area (Å²) in [7, 11) is 61.1. The Kier molecular flexibility index (Phi) is 7.75. The van der Waals surface area contributed by atoms with E-state index in [9.17, 15) is 4.79 Å². The number of hydrogen-bond acceptors (Lipinski definition) is 1. The van der Waals surface area contributed by atoms with Crippen LogP contribution >= 0.6 is 0 Å². The Morgan fingerprint density at radius 1 is 0.486 bits per heavy atom. The van der Waals surface area contributed by atoms with Gasteiger partial charge < -0.3 is 0 Å². The molecule has 0 spiro atoms. The minimum atomic E-state index is -0.299. The van der Waals surface area contributed by atoms with Gasteiger partial charge in [-0.3, -0.25) is 4.79 Å². The van der Waals surface area contributed by atoms with E-state index in [1.165, 1.54) is 0 Å². The number of ketones is 1. The molecule has 1 nitrogen and oxygen atoms in total. The van der Waals surface area contributed by atoms with Crippen LogP contribution in [0.4, 0.5) is 0 Å². The first-order chi connectivity index (χ1) is 17.5. The first-order valence-electron chi connectivity index (χ1n) is 11.2. The molecule has 0 aliphatic heterocycles. The monoisotopic (exact) mass is 448 g/mol. The largest absolute Gasteiger partial charge is 0.289 e. The molecule has 0 saturated heterocycles. The van der Waals surface area contributed by atoms with Gasteiger partial charge in [0, 0.05) is 11.1 Å². The summed E-state index contributed by atoms with van der Waals surface area (Å²) < 4.78 is 0. The SMILES string of the molecule is [B]c1c([B])c([B])c(Cc2ccccc2C(=O)c2ccccc2-c2c([B])c([B])c([B])c([B])c2[B])c([B])c1[B]. The third-order valence-electron chi connectivity index (χ3n) is 6.58. The van der Waals surface area contributed by atoms with E-state index in [2.05, 4.69) is 0 Å². The summed E-state index contributed by atoms with van der Waals surface area (Å²) in [6.45, 7) is 0. The van der Waals surface area contributed by atoms with Crippen molar-refractivity contribution in [2.45, 2.75) is 6.42 Å². The van der Waals surface area contributed by atoms with E-state index in [1.807, 2.05) is 0 Å². The molecule has 4 rings (SSSR count). The second-order valence-electron chi connectivity index (χ2n) is 8.70. The average molecular weight is 446 g/mol. The molecule has 0 atom stereocenters. The molecule has 0 bridgehead atoms. The summed E-state index contributed by atoms with van der Waals surface area (Å²) >= 11 is 0.